The highest BCUT2D eigenvalue weighted by Crippen LogP contribution is 2.31. The van der Waals surface area contributed by atoms with Gasteiger partial charge in [0.25, 0.3) is 0 Å². The zero-order valence-corrected chi connectivity index (χ0v) is 17.2. The summed E-state index contributed by atoms with van der Waals surface area (Å²) in [7, 11) is 0. The molecule has 2 aromatic rings. The number of nitrogens with one attached hydrogen (secondary N) is 2. The molecule has 0 spiro atoms. The summed E-state index contributed by atoms with van der Waals surface area (Å²) < 4.78 is 1.42. The highest BCUT2D eigenvalue weighted by Gasteiger charge is 2.05. The Morgan fingerprint density at radius 1 is 1.28 bits per heavy atom. The van der Waals surface area contributed by atoms with Crippen LogP contribution in [0.2, 0.25) is 0 Å². The van der Waals surface area contributed by atoms with E-state index in [9.17, 15) is 9.90 Å². The predicted octanol–water partition coefficient (Wildman–Crippen LogP) is 4.89. The number of nitrogens with zero attached hydrogens (tertiary/aromatic N) is 1. The van der Waals surface area contributed by atoms with Crippen molar-refractivity contribution in [3.63, 3.8) is 0 Å². The van der Waals surface area contributed by atoms with Gasteiger partial charge in [0, 0.05) is 28.4 Å². The molecule has 0 radical (unpaired) electrons. The maximum absolute atomic E-state index is 11.3. The lowest BCUT2D eigenvalue weighted by Crippen LogP contribution is -2.33. The number of anilines is 1. The van der Waals surface area contributed by atoms with Crippen molar-refractivity contribution < 1.29 is 9.90 Å². The Balaban J connectivity index is 2.05. The Morgan fingerprint density at radius 2 is 1.96 bits per heavy atom. The van der Waals surface area contributed by atoms with Crippen LogP contribution in [0.4, 0.5) is 11.4 Å². The number of carbonyl (C=O) groups excluding carboxylic acids is 1. The molecule has 0 bridgehead atoms. The number of hydrogen-bond donors (Lipinski definition) is 3. The molecule has 8 heteroatoms. The Kier molecular flexibility index (Phi) is 7.10. The smallest absolute Gasteiger partial charge is 0.225 e. The highest BCUT2D eigenvalue weighted by molar-refractivity contribution is 9.11. The van der Waals surface area contributed by atoms with Crippen LogP contribution in [0.3, 0.4) is 0 Å². The van der Waals surface area contributed by atoms with E-state index in [1.54, 1.807) is 49.5 Å². The van der Waals surface area contributed by atoms with Crippen LogP contribution in [0.15, 0.2) is 50.3 Å². The summed E-state index contributed by atoms with van der Waals surface area (Å²) in [5, 5.41) is 15.8. The molecule has 130 valence electrons. The van der Waals surface area contributed by atoms with Crippen molar-refractivity contribution in [1.82, 2.24) is 5.32 Å². The zero-order valence-electron chi connectivity index (χ0n) is 13.2. The first-order valence-corrected chi connectivity index (χ1v) is 9.31. The van der Waals surface area contributed by atoms with Crippen molar-refractivity contribution in [2.45, 2.75) is 13.3 Å². The van der Waals surface area contributed by atoms with Crippen LogP contribution in [0.5, 0.6) is 5.75 Å². The Morgan fingerprint density at radius 3 is 2.60 bits per heavy atom. The number of carbonyl (C=O) groups is 1. The molecule has 0 saturated carbocycles. The molecule has 3 N–H and O–H groups in total. The van der Waals surface area contributed by atoms with E-state index in [0.29, 0.717) is 22.1 Å². The largest absolute Gasteiger partial charge is 0.506 e. The average molecular weight is 485 g/mol. The highest BCUT2D eigenvalue weighted by atomic mass is 79.9. The molecular weight excluding hydrogens is 470 g/mol. The van der Waals surface area contributed by atoms with Gasteiger partial charge in [-0.3, -0.25) is 9.79 Å². The summed E-state index contributed by atoms with van der Waals surface area (Å²) in [6.07, 6.45) is 1.95. The molecule has 0 heterocycles. The lowest BCUT2D eigenvalue weighted by atomic mass is 10.2. The fraction of sp³-hybridized carbons (Fsp3) is 0.118. The van der Waals surface area contributed by atoms with Crippen LogP contribution >= 0.6 is 44.1 Å². The average Bonchev–Trinajstić information content (AvgIpc) is 2.57. The number of amides is 1. The van der Waals surface area contributed by atoms with Gasteiger partial charge in [0.2, 0.25) is 5.91 Å². The van der Waals surface area contributed by atoms with Crippen LogP contribution < -0.4 is 10.6 Å². The molecule has 0 atom stereocenters. The number of phenolic OH excluding ortho intramolecular Hbond substituents is 1. The fourth-order valence-corrected chi connectivity index (χ4v) is 3.33. The summed E-state index contributed by atoms with van der Waals surface area (Å²) in [5.74, 6) is -0.0130. The van der Waals surface area contributed by atoms with Crippen molar-refractivity contribution in [3.05, 3.63) is 50.9 Å². The van der Waals surface area contributed by atoms with Gasteiger partial charge in [0.05, 0.1) is 10.2 Å². The van der Waals surface area contributed by atoms with Crippen LogP contribution in [0.25, 0.3) is 0 Å². The monoisotopic (exact) mass is 483 g/mol. The number of hydrogen-bond acceptors (Lipinski definition) is 4. The molecule has 0 aliphatic carbocycles. The first-order valence-electron chi connectivity index (χ1n) is 7.32. The molecule has 0 fully saturated rings. The van der Waals surface area contributed by atoms with Crippen molar-refractivity contribution >= 4 is 72.7 Å². The van der Waals surface area contributed by atoms with Gasteiger partial charge in [-0.05, 0) is 64.5 Å². The van der Waals surface area contributed by atoms with Crippen LogP contribution in [0.1, 0.15) is 18.9 Å². The maximum Gasteiger partial charge on any atom is 0.225 e. The molecule has 5 nitrogen and oxygen atoms in total. The van der Waals surface area contributed by atoms with Gasteiger partial charge in [-0.25, -0.2) is 0 Å². The molecule has 0 aliphatic rings. The van der Waals surface area contributed by atoms with Gasteiger partial charge in [0.1, 0.15) is 5.75 Å². The number of aromatic hydroxyl groups is 1. The van der Waals surface area contributed by atoms with Crippen LogP contribution in [-0.4, -0.2) is 22.3 Å². The number of aliphatic imine (C=N–C) groups is 1. The van der Waals surface area contributed by atoms with Gasteiger partial charge in [-0.15, -0.1) is 0 Å². The standard InChI is InChI=1S/C17H15Br2N3O2S/c1-2-15(23)22-17(25)21-13-5-3-12(4-6-13)20-9-10-7-11(18)8-14(19)16(10)24/h3-9,24H,2H2,1H3,(H2,21,22,23,25). The summed E-state index contributed by atoms with van der Waals surface area (Å²) in [5.41, 5.74) is 2.05. The summed E-state index contributed by atoms with van der Waals surface area (Å²) in [6.45, 7) is 1.76. The van der Waals surface area contributed by atoms with E-state index in [1.165, 1.54) is 0 Å². The molecule has 0 aliphatic heterocycles. The summed E-state index contributed by atoms with van der Waals surface area (Å²) >= 11 is 11.7. The normalized spacial score (nSPS) is 10.7. The Bertz CT molecular complexity index is 823. The zero-order chi connectivity index (χ0) is 18.4. The van der Waals surface area contributed by atoms with E-state index < -0.39 is 0 Å². The van der Waals surface area contributed by atoms with Crippen molar-refractivity contribution in [3.8, 4) is 5.75 Å². The molecule has 25 heavy (non-hydrogen) atoms. The van der Waals surface area contributed by atoms with E-state index in [4.69, 9.17) is 12.2 Å². The summed E-state index contributed by atoms with van der Waals surface area (Å²) in [4.78, 5) is 15.6. The fourth-order valence-electron chi connectivity index (χ4n) is 1.84. The quantitative estimate of drug-likeness (QED) is 0.426. The maximum atomic E-state index is 11.3. The topological polar surface area (TPSA) is 73.7 Å². The summed E-state index contributed by atoms with van der Waals surface area (Å²) in [6, 6.07) is 10.7. The molecular formula is C17H15Br2N3O2S. The van der Waals surface area contributed by atoms with Gasteiger partial charge in [-0.1, -0.05) is 22.9 Å². The predicted molar refractivity (Wildman–Crippen MR) is 112 cm³/mol. The second-order valence-electron chi connectivity index (χ2n) is 4.99. The number of rotatable bonds is 4. The number of thiocarbonyl (C=S) groups is 1. The lowest BCUT2D eigenvalue weighted by molar-refractivity contribution is -0.119. The SMILES string of the molecule is CCC(=O)NC(=S)Nc1ccc(N=Cc2cc(Br)cc(Br)c2O)cc1. The van der Waals surface area contributed by atoms with E-state index >= 15 is 0 Å². The van der Waals surface area contributed by atoms with Crippen molar-refractivity contribution in [2.24, 2.45) is 4.99 Å². The Hall–Kier alpha value is -1.77. The number of phenols is 1. The van der Waals surface area contributed by atoms with E-state index in [-0.39, 0.29) is 16.8 Å². The Labute approximate surface area is 167 Å². The van der Waals surface area contributed by atoms with E-state index in [2.05, 4.69) is 47.5 Å². The molecule has 1 amide bonds. The van der Waals surface area contributed by atoms with Crippen LogP contribution in [-0.2, 0) is 4.79 Å². The van der Waals surface area contributed by atoms with Gasteiger partial charge >= 0.3 is 0 Å². The van der Waals surface area contributed by atoms with Crippen LogP contribution in [0, 0.1) is 0 Å². The molecule has 0 saturated heterocycles. The first kappa shape index (κ1) is 19.6. The second-order valence-corrected chi connectivity index (χ2v) is 7.16. The van der Waals surface area contributed by atoms with E-state index in [1.807, 2.05) is 0 Å². The third-order valence-electron chi connectivity index (χ3n) is 3.11. The second kappa shape index (κ2) is 9.07. The lowest BCUT2D eigenvalue weighted by Gasteiger charge is -2.08. The third-order valence-corrected chi connectivity index (χ3v) is 4.38. The molecule has 2 rings (SSSR count). The first-order chi connectivity index (χ1) is 11.9. The van der Waals surface area contributed by atoms with Gasteiger partial charge in [0.15, 0.2) is 5.11 Å². The van der Waals surface area contributed by atoms with E-state index in [0.717, 1.165) is 10.2 Å². The minimum absolute atomic E-state index is 0.127. The van der Waals surface area contributed by atoms with Gasteiger partial charge < -0.3 is 15.7 Å². The van der Waals surface area contributed by atoms with Crippen molar-refractivity contribution in [1.29, 1.82) is 0 Å². The minimum atomic E-state index is -0.140. The third kappa shape index (κ3) is 5.91. The number of benzene rings is 2. The minimum Gasteiger partial charge on any atom is -0.506 e. The molecule has 2 aromatic carbocycles. The molecule has 0 aromatic heterocycles. The number of halogens is 2. The molecule has 0 unspecified atom stereocenters. The van der Waals surface area contributed by atoms with Gasteiger partial charge in [-0.2, -0.15) is 0 Å². The van der Waals surface area contributed by atoms with Crippen molar-refractivity contribution in [2.75, 3.05) is 5.32 Å².